The SMILES string of the molecule is C=CC(=O)OCCC(CCOC(=O)C=C)c1ccc2c(c1)C(CC)(CC)c1cc(N(c3ccc(C)c(C)c3)c3ccc(C)c(C)c3)ccc1-2. The van der Waals surface area contributed by atoms with Crippen molar-refractivity contribution in [3.8, 4) is 11.1 Å². The maximum absolute atomic E-state index is 11.8. The third-order valence-electron chi connectivity index (χ3n) is 10.6. The molecular formula is C44H49NO4. The van der Waals surface area contributed by atoms with E-state index in [9.17, 15) is 9.59 Å². The van der Waals surface area contributed by atoms with Gasteiger partial charge in [0.15, 0.2) is 0 Å². The lowest BCUT2D eigenvalue weighted by Gasteiger charge is -2.32. The molecule has 5 rings (SSSR count). The van der Waals surface area contributed by atoms with Gasteiger partial charge in [0.05, 0.1) is 13.2 Å². The number of nitrogens with zero attached hydrogens (tertiary/aromatic N) is 1. The van der Waals surface area contributed by atoms with E-state index in [0.29, 0.717) is 12.8 Å². The topological polar surface area (TPSA) is 55.8 Å². The molecule has 0 atom stereocenters. The quantitative estimate of drug-likeness (QED) is 0.0999. The van der Waals surface area contributed by atoms with Gasteiger partial charge in [0.2, 0.25) is 0 Å². The summed E-state index contributed by atoms with van der Waals surface area (Å²) in [4.78, 5) is 26.0. The van der Waals surface area contributed by atoms with Crippen molar-refractivity contribution in [1.29, 1.82) is 0 Å². The van der Waals surface area contributed by atoms with Crippen LogP contribution in [-0.2, 0) is 24.5 Å². The van der Waals surface area contributed by atoms with Crippen LogP contribution < -0.4 is 4.90 Å². The molecule has 0 fully saturated rings. The van der Waals surface area contributed by atoms with E-state index in [0.717, 1.165) is 35.5 Å². The number of hydrogen-bond acceptors (Lipinski definition) is 5. The van der Waals surface area contributed by atoms with E-state index in [1.54, 1.807) is 0 Å². The molecular weight excluding hydrogens is 606 g/mol. The molecule has 1 aliphatic carbocycles. The maximum Gasteiger partial charge on any atom is 0.330 e. The highest BCUT2D eigenvalue weighted by molar-refractivity contribution is 5.86. The Hall–Kier alpha value is -4.90. The fourth-order valence-corrected chi connectivity index (χ4v) is 7.28. The highest BCUT2D eigenvalue weighted by atomic mass is 16.5. The smallest absolute Gasteiger partial charge is 0.330 e. The maximum atomic E-state index is 11.8. The summed E-state index contributed by atoms with van der Waals surface area (Å²) in [5.74, 6) is -0.858. The van der Waals surface area contributed by atoms with E-state index in [2.05, 4.69) is 132 Å². The minimum Gasteiger partial charge on any atom is -0.463 e. The van der Waals surface area contributed by atoms with Crippen molar-refractivity contribution < 1.29 is 19.1 Å². The van der Waals surface area contributed by atoms with Gasteiger partial charge in [-0.1, -0.05) is 63.4 Å². The number of hydrogen-bond donors (Lipinski definition) is 0. The summed E-state index contributed by atoms with van der Waals surface area (Å²) in [7, 11) is 0. The number of anilines is 3. The minimum absolute atomic E-state index is 0.0243. The molecule has 0 heterocycles. The zero-order valence-electron chi connectivity index (χ0n) is 29.9. The van der Waals surface area contributed by atoms with Crippen LogP contribution in [0.5, 0.6) is 0 Å². The predicted molar refractivity (Wildman–Crippen MR) is 201 cm³/mol. The third kappa shape index (κ3) is 7.12. The van der Waals surface area contributed by atoms with Crippen LogP contribution in [0.4, 0.5) is 17.1 Å². The van der Waals surface area contributed by atoms with E-state index in [1.165, 1.54) is 56.7 Å². The van der Waals surface area contributed by atoms with Gasteiger partial charge in [-0.25, -0.2) is 9.59 Å². The number of aryl methyl sites for hydroxylation is 4. The standard InChI is InChI=1S/C44H49NO4/c1-9-42(46)48-23-21-33(22-24-49-43(47)10-2)34-15-19-38-39-20-18-37(28-41(39)44(11-3,12-4)40(38)27-34)45(35-16-13-29(5)31(7)25-35)36-17-14-30(6)32(8)26-36/h9-10,13-20,25-28,33H,1-2,11-12,21-24H2,3-8H3. The Kier molecular flexibility index (Phi) is 10.9. The lowest BCUT2D eigenvalue weighted by molar-refractivity contribution is -0.138. The van der Waals surface area contributed by atoms with Crippen LogP contribution in [0.2, 0.25) is 0 Å². The molecule has 5 nitrogen and oxygen atoms in total. The van der Waals surface area contributed by atoms with Gasteiger partial charge in [0.1, 0.15) is 0 Å². The van der Waals surface area contributed by atoms with Crippen molar-refractivity contribution in [2.75, 3.05) is 18.1 Å². The van der Waals surface area contributed by atoms with Gasteiger partial charge >= 0.3 is 11.9 Å². The molecule has 0 saturated carbocycles. The normalized spacial score (nSPS) is 12.6. The van der Waals surface area contributed by atoms with Crippen molar-refractivity contribution in [2.24, 2.45) is 0 Å². The summed E-state index contributed by atoms with van der Waals surface area (Å²) in [5.41, 5.74) is 14.6. The summed E-state index contributed by atoms with van der Waals surface area (Å²) < 4.78 is 10.7. The molecule has 0 saturated heterocycles. The fraction of sp³-hybridized carbons (Fsp3) is 0.318. The molecule has 0 radical (unpaired) electrons. The Balaban J connectivity index is 1.58. The van der Waals surface area contributed by atoms with E-state index in [4.69, 9.17) is 9.47 Å². The van der Waals surface area contributed by atoms with Gasteiger partial charge in [-0.15, -0.1) is 0 Å². The molecule has 0 aromatic heterocycles. The van der Waals surface area contributed by atoms with E-state index < -0.39 is 11.9 Å². The second-order valence-electron chi connectivity index (χ2n) is 13.2. The van der Waals surface area contributed by atoms with Gasteiger partial charge in [-0.05, 0) is 146 Å². The van der Waals surface area contributed by atoms with Gasteiger partial charge in [-0.2, -0.15) is 0 Å². The molecule has 254 valence electrons. The molecule has 4 aromatic rings. The number of esters is 2. The lowest BCUT2D eigenvalue weighted by atomic mass is 9.73. The highest BCUT2D eigenvalue weighted by Crippen LogP contribution is 2.55. The molecule has 49 heavy (non-hydrogen) atoms. The first-order chi connectivity index (χ1) is 23.6. The molecule has 4 aromatic carbocycles. The van der Waals surface area contributed by atoms with Crippen LogP contribution in [0, 0.1) is 27.7 Å². The van der Waals surface area contributed by atoms with Crippen molar-refractivity contribution in [2.45, 2.75) is 78.6 Å². The van der Waals surface area contributed by atoms with E-state index in [-0.39, 0.29) is 24.5 Å². The van der Waals surface area contributed by atoms with Crippen LogP contribution in [0.3, 0.4) is 0 Å². The second-order valence-corrected chi connectivity index (χ2v) is 13.2. The fourth-order valence-electron chi connectivity index (χ4n) is 7.28. The Morgan fingerprint density at radius 2 is 1.10 bits per heavy atom. The third-order valence-corrected chi connectivity index (χ3v) is 10.6. The summed E-state index contributed by atoms with van der Waals surface area (Å²) >= 11 is 0. The number of fused-ring (bicyclic) bond motifs is 3. The lowest BCUT2D eigenvalue weighted by Crippen LogP contribution is -2.24. The molecule has 0 amide bonds. The number of ether oxygens (including phenoxy) is 2. The largest absolute Gasteiger partial charge is 0.463 e. The summed E-state index contributed by atoms with van der Waals surface area (Å²) in [6, 6.07) is 27.2. The number of benzene rings is 4. The molecule has 0 spiro atoms. The van der Waals surface area contributed by atoms with Gasteiger partial charge in [0, 0.05) is 34.6 Å². The van der Waals surface area contributed by atoms with Gasteiger partial charge in [-0.3, -0.25) is 0 Å². The van der Waals surface area contributed by atoms with Crippen LogP contribution >= 0.6 is 0 Å². The summed E-state index contributed by atoms with van der Waals surface area (Å²) in [6.07, 6.45) is 5.46. The first-order valence-corrected chi connectivity index (χ1v) is 17.4. The summed E-state index contributed by atoms with van der Waals surface area (Å²) in [5, 5.41) is 0. The monoisotopic (exact) mass is 655 g/mol. The Morgan fingerprint density at radius 1 is 0.653 bits per heavy atom. The van der Waals surface area contributed by atoms with Crippen molar-refractivity contribution in [3.63, 3.8) is 0 Å². The van der Waals surface area contributed by atoms with Gasteiger partial charge in [0.25, 0.3) is 0 Å². The van der Waals surface area contributed by atoms with Crippen molar-refractivity contribution in [3.05, 3.63) is 137 Å². The molecule has 0 aliphatic heterocycles. The first kappa shape index (κ1) is 35.4. The van der Waals surface area contributed by atoms with Crippen LogP contribution in [0.1, 0.15) is 84.4 Å². The minimum atomic E-state index is -0.441. The average Bonchev–Trinajstić information content (AvgIpc) is 3.39. The van der Waals surface area contributed by atoms with E-state index in [1.807, 2.05) is 0 Å². The zero-order chi connectivity index (χ0) is 35.3. The highest BCUT2D eigenvalue weighted by Gasteiger charge is 2.41. The Morgan fingerprint density at radius 3 is 1.57 bits per heavy atom. The van der Waals surface area contributed by atoms with Crippen LogP contribution in [-0.4, -0.2) is 25.2 Å². The van der Waals surface area contributed by atoms with Gasteiger partial charge < -0.3 is 14.4 Å². The van der Waals surface area contributed by atoms with E-state index >= 15 is 0 Å². The molecule has 0 N–H and O–H groups in total. The molecule has 0 bridgehead atoms. The first-order valence-electron chi connectivity index (χ1n) is 17.4. The Bertz CT molecular complexity index is 1800. The predicted octanol–water partition coefficient (Wildman–Crippen LogP) is 10.8. The zero-order valence-corrected chi connectivity index (χ0v) is 29.9. The number of carbonyl (C=O) groups is 2. The molecule has 5 heteroatoms. The van der Waals surface area contributed by atoms with Crippen LogP contribution in [0.25, 0.3) is 11.1 Å². The number of carbonyl (C=O) groups excluding carboxylic acids is 2. The van der Waals surface area contributed by atoms with Crippen LogP contribution in [0.15, 0.2) is 98.1 Å². The van der Waals surface area contributed by atoms with Crippen molar-refractivity contribution in [1.82, 2.24) is 0 Å². The number of rotatable bonds is 14. The summed E-state index contributed by atoms with van der Waals surface area (Å²) in [6.45, 7) is 20.8. The Labute approximate surface area is 292 Å². The molecule has 0 unspecified atom stereocenters. The van der Waals surface area contributed by atoms with Crippen molar-refractivity contribution >= 4 is 29.0 Å². The second kappa shape index (κ2) is 15.1. The average molecular weight is 656 g/mol. The molecule has 1 aliphatic rings.